The van der Waals surface area contributed by atoms with E-state index in [-0.39, 0.29) is 122 Å². The number of aliphatic carboxylic acids is 2. The van der Waals surface area contributed by atoms with E-state index in [4.69, 9.17) is 0 Å². The zero-order valence-corrected chi connectivity index (χ0v) is 41.7. The molecule has 26 heteroatoms. The summed E-state index contributed by atoms with van der Waals surface area (Å²) in [5.74, 6) is -10.4. The number of carboxylic acid groups (broad SMARTS) is 3. The van der Waals surface area contributed by atoms with Crippen LogP contribution in [0.2, 0.25) is 0 Å². The Bertz CT molecular complexity index is 2280. The molecule has 1 aromatic heterocycles. The van der Waals surface area contributed by atoms with E-state index in [9.17, 15) is 66.9 Å². The maximum Gasteiger partial charge on any atom is 1.00 e. The summed E-state index contributed by atoms with van der Waals surface area (Å²) in [6.45, 7) is 6.43. The monoisotopic (exact) mass is 936 g/mol. The molecule has 0 radical (unpaired) electrons. The van der Waals surface area contributed by atoms with E-state index < -0.39 is 126 Å². The van der Waals surface area contributed by atoms with Crippen molar-refractivity contribution < 1.29 is 170 Å². The number of carboxylic acids is 3. The van der Waals surface area contributed by atoms with Crippen molar-refractivity contribution in [3.8, 4) is 0 Å². The summed E-state index contributed by atoms with van der Waals surface area (Å²) < 4.78 is 23.6. The van der Waals surface area contributed by atoms with E-state index in [1.54, 1.807) is 51.1 Å². The van der Waals surface area contributed by atoms with Crippen LogP contribution in [0.15, 0.2) is 36.5 Å². The first-order valence-electron chi connectivity index (χ1n) is 18.1. The van der Waals surface area contributed by atoms with Crippen LogP contribution in [0.5, 0.6) is 0 Å². The van der Waals surface area contributed by atoms with E-state index in [0.717, 1.165) is 15.8 Å². The third kappa shape index (κ3) is 9.18. The van der Waals surface area contributed by atoms with Crippen LogP contribution in [0.4, 0.5) is 4.79 Å². The molecule has 6 amide bonds. The third-order valence-corrected chi connectivity index (χ3v) is 15.8. The number of Topliss-reactive ketones (excluding diaryl/α,β-unsaturated/α-hetero) is 1. The van der Waals surface area contributed by atoms with Gasteiger partial charge in [-0.25, -0.2) is 18.0 Å². The summed E-state index contributed by atoms with van der Waals surface area (Å²) in [7, 11) is -3.96. The maximum atomic E-state index is 13.3. The Morgan fingerprint density at radius 2 is 1.64 bits per heavy atom. The van der Waals surface area contributed by atoms with Gasteiger partial charge in [-0.2, -0.15) is 0 Å². The Balaban J connectivity index is 0.000000284. The number of sulfone groups is 1. The number of amides is 6. The quantitative estimate of drug-likeness (QED) is 0.113. The van der Waals surface area contributed by atoms with Gasteiger partial charge in [0.25, 0.3) is 0 Å². The van der Waals surface area contributed by atoms with Gasteiger partial charge in [-0.15, -0.1) is 16.9 Å². The molecule has 4 saturated heterocycles. The van der Waals surface area contributed by atoms with Gasteiger partial charge in [0.2, 0.25) is 11.8 Å². The molecular formula is C35H38K2N8O14S2. The van der Waals surface area contributed by atoms with Gasteiger partial charge >= 0.3 is 127 Å². The van der Waals surface area contributed by atoms with Gasteiger partial charge in [-0.1, -0.05) is 35.5 Å². The Kier molecular flexibility index (Phi) is 16.1. The van der Waals surface area contributed by atoms with Crippen LogP contribution in [-0.2, 0) is 49.9 Å². The van der Waals surface area contributed by atoms with Crippen LogP contribution in [0.3, 0.4) is 0 Å². The topological polar surface area (TPSA) is 319 Å². The summed E-state index contributed by atoms with van der Waals surface area (Å²) in [6, 6.07) is 4.11. The fraction of sp³-hybridized carbons (Fsp3) is 0.514. The van der Waals surface area contributed by atoms with E-state index in [0.29, 0.717) is 12.1 Å². The van der Waals surface area contributed by atoms with Gasteiger partial charge in [0, 0.05) is 48.6 Å². The number of imide groups is 1. The second-order valence-electron chi connectivity index (χ2n) is 15.2. The first kappa shape index (κ1) is 51.0. The number of nitrogens with zero attached hydrogens (tertiary/aromatic N) is 6. The Morgan fingerprint density at radius 3 is 2.18 bits per heavy atom. The Labute approximate surface area is 437 Å². The smallest absolute Gasteiger partial charge is 0.550 e. The molecule has 3 N–H and O–H groups in total. The second-order valence-corrected chi connectivity index (χ2v) is 19.6. The molecule has 3 unspecified atom stereocenters. The maximum absolute atomic E-state index is 13.3. The van der Waals surface area contributed by atoms with Crippen molar-refractivity contribution in [2.75, 3.05) is 19.6 Å². The molecular weight excluding hydrogens is 899 g/mol. The van der Waals surface area contributed by atoms with E-state index in [1.165, 1.54) is 28.5 Å². The van der Waals surface area contributed by atoms with Gasteiger partial charge < -0.3 is 45.3 Å². The number of urea groups is 1. The number of benzene rings is 1. The van der Waals surface area contributed by atoms with Crippen molar-refractivity contribution in [1.29, 1.82) is 0 Å². The number of aromatic nitrogens is 3. The zero-order chi connectivity index (χ0) is 43.5. The van der Waals surface area contributed by atoms with Crippen molar-refractivity contribution in [3.63, 3.8) is 0 Å². The standard InChI is InChI=1S/C23H27N5O7S.C12H13N3O7S.2K/c1-4-26-10-11-27(19(32)18(26)31)22(35)25-13(12-8-6-5-7-9-12)16(29)24-14-17(30)28-15(21(33)34)23(2,3)36-20(14)28;1-12(4-15-3-5(10(17)18)13-14-15)9(11(19)20)8-6(16)2-7(8)23(12,21)22;;/h5-9,13-15,20H,4,10-11H2,1-3H3,(H,24,29)(H,25,35)(H,33,34);3,7-9H,2,4H2,1H3,(H,17,18)(H,19,20);;/q;;2*+1/p-2/t13?,14-,15+,20-;7?,8?,9-,12-;;/m10../s1. The predicted molar refractivity (Wildman–Crippen MR) is 194 cm³/mol. The predicted octanol–water partition coefficient (Wildman–Crippen LogP) is -10.1. The van der Waals surface area contributed by atoms with Crippen molar-refractivity contribution >= 4 is 75.0 Å². The average Bonchev–Trinajstić information content (AvgIpc) is 3.78. The van der Waals surface area contributed by atoms with Crippen molar-refractivity contribution in [2.24, 2.45) is 11.8 Å². The molecule has 22 nitrogen and oxygen atoms in total. The van der Waals surface area contributed by atoms with Crippen LogP contribution >= 0.6 is 11.8 Å². The fourth-order valence-corrected chi connectivity index (χ4v) is 12.5. The SMILES string of the molecule is CCN1CCN(C(=O)NC(C(=O)N[C@@H]2C(=O)N3[C@@H]2SC(C)(C)[C@@H]3C(=O)O)c2ccccc2)C(=O)C1=O.C[C@]1(Cn2cc(C(=O)[O-])nn2)[C@H](C(=O)[O-])C2C(=O)CC2S1(=O)=O.[K+].[K+]. The molecule has 2 aromatic rings. The molecule has 0 spiro atoms. The number of hydrogen-bond donors (Lipinski definition) is 3. The molecule has 8 atom stereocenters. The van der Waals surface area contributed by atoms with Crippen LogP contribution < -0.4 is 124 Å². The number of rotatable bonds is 10. The zero-order valence-electron chi connectivity index (χ0n) is 33.8. The molecule has 1 saturated carbocycles. The van der Waals surface area contributed by atoms with Gasteiger partial charge in [0.15, 0.2) is 9.84 Å². The van der Waals surface area contributed by atoms with E-state index in [2.05, 4.69) is 20.9 Å². The van der Waals surface area contributed by atoms with Gasteiger partial charge in [-0.3, -0.25) is 33.6 Å². The van der Waals surface area contributed by atoms with Crippen LogP contribution in [0, 0.1) is 11.8 Å². The fourth-order valence-electron chi connectivity index (χ4n) is 8.19. The molecule has 4 aliphatic heterocycles. The molecule has 1 aliphatic carbocycles. The normalized spacial score (nSPS) is 28.2. The number of likely N-dealkylation sites (N-methyl/N-ethyl adjacent to an activating group) is 1. The minimum Gasteiger partial charge on any atom is -0.550 e. The van der Waals surface area contributed by atoms with Gasteiger partial charge in [0.05, 0.1) is 28.7 Å². The van der Waals surface area contributed by atoms with E-state index in [1.807, 2.05) is 0 Å². The summed E-state index contributed by atoms with van der Waals surface area (Å²) in [4.78, 5) is 113. The van der Waals surface area contributed by atoms with Gasteiger partial charge in [0.1, 0.15) is 35.0 Å². The summed E-state index contributed by atoms with van der Waals surface area (Å²) >= 11 is 1.28. The number of nitrogens with one attached hydrogen (secondary N) is 2. The molecule has 7 rings (SSSR count). The summed E-state index contributed by atoms with van der Waals surface area (Å²) in [6.07, 6.45) is 0.735. The largest absolute Gasteiger partial charge is 1.00 e. The molecule has 5 aliphatic rings. The molecule has 5 heterocycles. The number of fused-ring (bicyclic) bond motifs is 2. The number of aromatic carboxylic acids is 1. The van der Waals surface area contributed by atoms with Crippen LogP contribution in [0.25, 0.3) is 0 Å². The number of carbonyl (C=O) groups is 9. The molecule has 61 heavy (non-hydrogen) atoms. The Morgan fingerprint density at radius 1 is 1.00 bits per heavy atom. The average molecular weight is 937 g/mol. The summed E-state index contributed by atoms with van der Waals surface area (Å²) in [5, 5.41) is 42.1. The summed E-state index contributed by atoms with van der Waals surface area (Å²) in [5.41, 5.74) is -0.103. The Hall–Kier alpha value is -2.64. The van der Waals surface area contributed by atoms with Crippen LogP contribution in [0.1, 0.15) is 56.2 Å². The van der Waals surface area contributed by atoms with E-state index >= 15 is 0 Å². The number of β-lactam (4-membered cyclic amide) rings is 1. The second kappa shape index (κ2) is 19.2. The first-order valence-corrected chi connectivity index (χ1v) is 20.6. The molecule has 0 bridgehead atoms. The van der Waals surface area contributed by atoms with Crippen molar-refractivity contribution in [2.45, 2.75) is 78.9 Å². The van der Waals surface area contributed by atoms with Gasteiger partial charge in [-0.05, 0) is 33.3 Å². The number of thioether (sulfide) groups is 1. The third-order valence-electron chi connectivity index (χ3n) is 11.3. The number of piperazine rings is 1. The number of carbonyl (C=O) groups excluding carboxylic acids is 8. The van der Waals surface area contributed by atoms with Crippen molar-refractivity contribution in [3.05, 3.63) is 47.8 Å². The van der Waals surface area contributed by atoms with Crippen LogP contribution in [-0.4, -0.2) is 148 Å². The molecule has 1 aromatic carbocycles. The number of ketones is 1. The minimum atomic E-state index is -3.96. The van der Waals surface area contributed by atoms with Crippen molar-refractivity contribution in [1.82, 2.24) is 40.3 Å². The minimum absolute atomic E-state index is 0. The molecule has 316 valence electrons. The first-order chi connectivity index (χ1) is 27.6. The number of hydrogen-bond acceptors (Lipinski definition) is 16. The molecule has 5 fully saturated rings.